The van der Waals surface area contributed by atoms with Crippen molar-refractivity contribution in [2.45, 2.75) is 32.4 Å². The van der Waals surface area contributed by atoms with Crippen LogP contribution < -0.4 is 4.74 Å². The first kappa shape index (κ1) is 18.3. The smallest absolute Gasteiger partial charge is 0.410 e. The topological polar surface area (TPSA) is 59.1 Å². The van der Waals surface area contributed by atoms with Crippen molar-refractivity contribution in [3.05, 3.63) is 27.2 Å². The first-order valence-electron chi connectivity index (χ1n) is 8.06. The van der Waals surface area contributed by atoms with Gasteiger partial charge in [0, 0.05) is 24.1 Å². The number of hydrogen-bond donors (Lipinski definition) is 0. The summed E-state index contributed by atoms with van der Waals surface area (Å²) in [5.41, 5.74) is -0.107. The third kappa shape index (κ3) is 3.87. The van der Waals surface area contributed by atoms with Gasteiger partial charge in [0.15, 0.2) is 0 Å². The normalized spacial score (nSPS) is 20.4. The van der Waals surface area contributed by atoms with Gasteiger partial charge < -0.3 is 19.3 Å². The maximum atomic E-state index is 12.9. The predicted octanol–water partition coefficient (Wildman–Crippen LogP) is 3.56. The molecule has 0 aliphatic carbocycles. The molecule has 2 amide bonds. The van der Waals surface area contributed by atoms with Gasteiger partial charge >= 0.3 is 6.09 Å². The van der Waals surface area contributed by atoms with Gasteiger partial charge in [-0.15, -0.1) is 0 Å². The molecule has 136 valence electrons. The highest BCUT2D eigenvalue weighted by molar-refractivity contribution is 9.10. The Labute approximate surface area is 160 Å². The van der Waals surface area contributed by atoms with Crippen molar-refractivity contribution in [2.24, 2.45) is 0 Å². The van der Waals surface area contributed by atoms with E-state index in [9.17, 15) is 9.59 Å². The lowest BCUT2D eigenvalue weighted by Gasteiger charge is -2.40. The Morgan fingerprint density at radius 1 is 1.36 bits per heavy atom. The van der Waals surface area contributed by atoms with Gasteiger partial charge in [0.1, 0.15) is 18.0 Å². The molecule has 0 saturated carbocycles. The summed E-state index contributed by atoms with van der Waals surface area (Å²) in [6, 6.07) is 3.10. The highest BCUT2D eigenvalue weighted by atomic mass is 79.9. The van der Waals surface area contributed by atoms with E-state index in [1.807, 2.05) is 20.8 Å². The number of fused-ring (bicyclic) bond motifs is 2. The molecule has 2 aliphatic heterocycles. The molecule has 8 heteroatoms. The summed E-state index contributed by atoms with van der Waals surface area (Å²) in [5.74, 6) is 0.371. The van der Waals surface area contributed by atoms with Crippen molar-refractivity contribution in [2.75, 3.05) is 26.2 Å². The number of hydrogen-bond acceptors (Lipinski definition) is 4. The fourth-order valence-corrected chi connectivity index (χ4v) is 3.40. The molecular formula is C17H20BrClN2O4. The third-order valence-corrected chi connectivity index (χ3v) is 5.28. The SMILES string of the molecule is CC(C)(C)OC(=O)N1CCN2C(=O)c3cc(Cl)c(Br)cc3OCC2C1. The van der Waals surface area contributed by atoms with Crippen molar-refractivity contribution in [3.8, 4) is 5.75 Å². The number of ether oxygens (including phenoxy) is 2. The number of carbonyl (C=O) groups is 2. The Bertz CT molecular complexity index is 719. The van der Waals surface area contributed by atoms with E-state index in [0.29, 0.717) is 47.0 Å². The number of carbonyl (C=O) groups excluding carboxylic acids is 2. The Kier molecular flexibility index (Phi) is 4.90. The van der Waals surface area contributed by atoms with E-state index in [1.54, 1.807) is 21.9 Å². The van der Waals surface area contributed by atoms with Crippen LogP contribution in [0.4, 0.5) is 4.79 Å². The lowest BCUT2D eigenvalue weighted by atomic mass is 10.1. The Hall–Kier alpha value is -1.47. The van der Waals surface area contributed by atoms with E-state index in [4.69, 9.17) is 21.1 Å². The molecule has 1 saturated heterocycles. The van der Waals surface area contributed by atoms with Crippen LogP contribution in [-0.2, 0) is 4.74 Å². The molecule has 2 aliphatic rings. The predicted molar refractivity (Wildman–Crippen MR) is 97.3 cm³/mol. The van der Waals surface area contributed by atoms with E-state index < -0.39 is 5.60 Å². The highest BCUT2D eigenvalue weighted by Crippen LogP contribution is 2.34. The van der Waals surface area contributed by atoms with E-state index in [1.165, 1.54) is 0 Å². The summed E-state index contributed by atoms with van der Waals surface area (Å²) in [4.78, 5) is 28.6. The van der Waals surface area contributed by atoms with Crippen molar-refractivity contribution in [3.63, 3.8) is 0 Å². The van der Waals surface area contributed by atoms with Crippen molar-refractivity contribution >= 4 is 39.5 Å². The van der Waals surface area contributed by atoms with Crippen LogP contribution in [0.25, 0.3) is 0 Å². The number of nitrogens with zero attached hydrogens (tertiary/aromatic N) is 2. The highest BCUT2D eigenvalue weighted by Gasteiger charge is 2.38. The first-order valence-corrected chi connectivity index (χ1v) is 9.23. The van der Waals surface area contributed by atoms with Crippen LogP contribution >= 0.6 is 27.5 Å². The minimum Gasteiger partial charge on any atom is -0.490 e. The summed E-state index contributed by atoms with van der Waals surface area (Å²) in [5, 5.41) is 0.460. The molecule has 0 spiro atoms. The van der Waals surface area contributed by atoms with Gasteiger partial charge in [-0.2, -0.15) is 0 Å². The van der Waals surface area contributed by atoms with Gasteiger partial charge in [-0.05, 0) is 48.8 Å². The van der Waals surface area contributed by atoms with Crippen molar-refractivity contribution < 1.29 is 19.1 Å². The van der Waals surface area contributed by atoms with E-state index in [0.717, 1.165) is 0 Å². The zero-order chi connectivity index (χ0) is 18.4. The van der Waals surface area contributed by atoms with Crippen LogP contribution in [0.3, 0.4) is 0 Å². The zero-order valence-corrected chi connectivity index (χ0v) is 16.7. The molecule has 0 N–H and O–H groups in total. The molecule has 1 fully saturated rings. The minimum absolute atomic E-state index is 0.129. The molecule has 0 radical (unpaired) electrons. The van der Waals surface area contributed by atoms with Crippen LogP contribution in [0.5, 0.6) is 5.75 Å². The van der Waals surface area contributed by atoms with Gasteiger partial charge in [0.25, 0.3) is 5.91 Å². The fraction of sp³-hybridized carbons (Fsp3) is 0.529. The second-order valence-electron chi connectivity index (χ2n) is 7.15. The summed E-state index contributed by atoms with van der Waals surface area (Å²) < 4.78 is 11.9. The van der Waals surface area contributed by atoms with Crippen LogP contribution in [0.15, 0.2) is 16.6 Å². The molecular weight excluding hydrogens is 412 g/mol. The van der Waals surface area contributed by atoms with Crippen LogP contribution in [0.2, 0.25) is 5.02 Å². The molecule has 3 rings (SSSR count). The average Bonchev–Trinajstić information content (AvgIpc) is 2.64. The van der Waals surface area contributed by atoms with E-state index in [-0.39, 0.29) is 18.0 Å². The van der Waals surface area contributed by atoms with Gasteiger partial charge in [-0.25, -0.2) is 4.79 Å². The fourth-order valence-electron chi connectivity index (χ4n) is 2.91. The second-order valence-corrected chi connectivity index (χ2v) is 8.41. The molecule has 2 heterocycles. The molecule has 0 bridgehead atoms. The number of halogens is 2. The zero-order valence-electron chi connectivity index (χ0n) is 14.3. The van der Waals surface area contributed by atoms with Crippen molar-refractivity contribution in [1.29, 1.82) is 0 Å². The van der Waals surface area contributed by atoms with E-state index >= 15 is 0 Å². The molecule has 25 heavy (non-hydrogen) atoms. The number of rotatable bonds is 0. The number of amides is 2. The molecule has 0 aromatic heterocycles. The number of benzene rings is 1. The van der Waals surface area contributed by atoms with Gasteiger partial charge in [-0.3, -0.25) is 4.79 Å². The molecule has 1 atom stereocenters. The van der Waals surface area contributed by atoms with Crippen LogP contribution in [0, 0.1) is 0 Å². The van der Waals surface area contributed by atoms with Gasteiger partial charge in [0.2, 0.25) is 0 Å². The maximum Gasteiger partial charge on any atom is 0.410 e. The minimum atomic E-state index is -0.552. The van der Waals surface area contributed by atoms with Gasteiger partial charge in [0.05, 0.1) is 16.6 Å². The Balaban J connectivity index is 1.78. The largest absolute Gasteiger partial charge is 0.490 e. The molecule has 6 nitrogen and oxygen atoms in total. The van der Waals surface area contributed by atoms with Crippen LogP contribution in [-0.4, -0.2) is 59.7 Å². The number of piperazine rings is 1. The summed E-state index contributed by atoms with van der Waals surface area (Å²) in [6.45, 7) is 7.04. The molecule has 1 unspecified atom stereocenters. The Morgan fingerprint density at radius 3 is 2.76 bits per heavy atom. The third-order valence-electron chi connectivity index (χ3n) is 4.08. The summed E-state index contributed by atoms with van der Waals surface area (Å²) in [7, 11) is 0. The molecule has 1 aromatic carbocycles. The maximum absolute atomic E-state index is 12.9. The van der Waals surface area contributed by atoms with E-state index in [2.05, 4.69) is 15.9 Å². The monoisotopic (exact) mass is 430 g/mol. The van der Waals surface area contributed by atoms with Crippen LogP contribution in [0.1, 0.15) is 31.1 Å². The standard InChI is InChI=1S/C17H20BrClN2O4/c1-17(2,3)25-16(23)20-4-5-21-10(8-20)9-24-14-7-12(18)13(19)6-11(14)15(21)22/h6-7,10H,4-5,8-9H2,1-3H3. The molecule has 1 aromatic rings. The first-order chi connectivity index (χ1) is 11.7. The Morgan fingerprint density at radius 2 is 2.08 bits per heavy atom. The van der Waals surface area contributed by atoms with Crippen molar-refractivity contribution in [1.82, 2.24) is 9.80 Å². The average molecular weight is 432 g/mol. The lowest BCUT2D eigenvalue weighted by Crippen LogP contribution is -2.58. The summed E-state index contributed by atoms with van der Waals surface area (Å²) in [6.07, 6.45) is -0.368. The lowest BCUT2D eigenvalue weighted by molar-refractivity contribution is 0.000951. The summed E-state index contributed by atoms with van der Waals surface area (Å²) >= 11 is 9.47. The second kappa shape index (κ2) is 6.68. The quantitative estimate of drug-likeness (QED) is 0.630. The van der Waals surface area contributed by atoms with Gasteiger partial charge in [-0.1, -0.05) is 11.6 Å².